The van der Waals surface area contributed by atoms with Crippen LogP contribution in [0.5, 0.6) is 0 Å². The lowest BCUT2D eigenvalue weighted by molar-refractivity contribution is 0.388. The molecule has 1 N–H and O–H groups in total. The number of nitrogens with one attached hydrogen (secondary N) is 1. The van der Waals surface area contributed by atoms with Gasteiger partial charge in [0, 0.05) is 18.4 Å². The van der Waals surface area contributed by atoms with Gasteiger partial charge in [-0.1, -0.05) is 6.92 Å². The molecule has 0 aliphatic rings. The van der Waals surface area contributed by atoms with Crippen molar-refractivity contribution in [2.75, 3.05) is 6.54 Å². The molecule has 0 bridgehead atoms. The van der Waals surface area contributed by atoms with Gasteiger partial charge in [-0.2, -0.15) is 10.4 Å². The second-order valence-corrected chi connectivity index (χ2v) is 4.67. The SMILES string of the molecule is CCCNC(C)(C#N)CCCn1nccc1C. The van der Waals surface area contributed by atoms with Gasteiger partial charge in [-0.15, -0.1) is 0 Å². The van der Waals surface area contributed by atoms with E-state index in [0.717, 1.165) is 32.4 Å². The Morgan fingerprint density at radius 2 is 2.35 bits per heavy atom. The second kappa shape index (κ2) is 6.41. The highest BCUT2D eigenvalue weighted by atomic mass is 15.3. The number of hydrogen-bond acceptors (Lipinski definition) is 3. The van der Waals surface area contributed by atoms with Gasteiger partial charge in [0.15, 0.2) is 0 Å². The standard InChI is InChI=1S/C13H22N4/c1-4-8-15-13(3,11-14)7-5-10-17-12(2)6-9-16-17/h6,9,15H,4-5,7-8,10H2,1-3H3. The van der Waals surface area contributed by atoms with Gasteiger partial charge < -0.3 is 0 Å². The summed E-state index contributed by atoms with van der Waals surface area (Å²) in [5, 5.41) is 16.7. The Kier molecular flexibility index (Phi) is 5.17. The fraction of sp³-hybridized carbons (Fsp3) is 0.692. The molecule has 1 rings (SSSR count). The van der Waals surface area contributed by atoms with Crippen molar-refractivity contribution < 1.29 is 0 Å². The number of nitrogens with zero attached hydrogens (tertiary/aromatic N) is 3. The van der Waals surface area contributed by atoms with Gasteiger partial charge >= 0.3 is 0 Å². The molecular formula is C13H22N4. The molecule has 0 aliphatic carbocycles. The Balaban J connectivity index is 2.38. The van der Waals surface area contributed by atoms with Crippen LogP contribution in [0, 0.1) is 18.3 Å². The molecule has 0 fully saturated rings. The van der Waals surface area contributed by atoms with E-state index in [2.05, 4.69) is 23.4 Å². The first-order valence-corrected chi connectivity index (χ1v) is 6.26. The summed E-state index contributed by atoms with van der Waals surface area (Å²) in [6, 6.07) is 4.37. The van der Waals surface area contributed by atoms with Crippen molar-refractivity contribution in [2.24, 2.45) is 0 Å². The number of aryl methyl sites for hydroxylation is 2. The zero-order valence-corrected chi connectivity index (χ0v) is 11.0. The molecule has 1 atom stereocenters. The number of rotatable bonds is 7. The summed E-state index contributed by atoms with van der Waals surface area (Å²) < 4.78 is 1.98. The molecule has 0 amide bonds. The van der Waals surface area contributed by atoms with Crippen molar-refractivity contribution in [3.05, 3.63) is 18.0 Å². The molecule has 0 aliphatic heterocycles. The number of nitriles is 1. The molecule has 4 nitrogen and oxygen atoms in total. The largest absolute Gasteiger partial charge is 0.300 e. The third kappa shape index (κ3) is 4.20. The molecular weight excluding hydrogens is 212 g/mol. The molecule has 0 radical (unpaired) electrons. The molecule has 1 aromatic rings. The lowest BCUT2D eigenvalue weighted by Gasteiger charge is -2.23. The van der Waals surface area contributed by atoms with Crippen molar-refractivity contribution in [3.8, 4) is 6.07 Å². The fourth-order valence-electron chi connectivity index (χ4n) is 1.80. The predicted octanol–water partition coefficient (Wildman–Crippen LogP) is 2.25. The molecule has 1 heterocycles. The summed E-state index contributed by atoms with van der Waals surface area (Å²) in [7, 11) is 0. The molecule has 94 valence electrons. The number of hydrogen-bond donors (Lipinski definition) is 1. The average Bonchev–Trinajstić information content (AvgIpc) is 2.73. The molecule has 0 aromatic carbocycles. The Labute approximate surface area is 104 Å². The van der Waals surface area contributed by atoms with E-state index in [0.29, 0.717) is 0 Å². The van der Waals surface area contributed by atoms with Crippen LogP contribution in [0.3, 0.4) is 0 Å². The third-order valence-electron chi connectivity index (χ3n) is 2.99. The van der Waals surface area contributed by atoms with Gasteiger partial charge in [-0.05, 0) is 45.7 Å². The summed E-state index contributed by atoms with van der Waals surface area (Å²) in [5.41, 5.74) is 0.766. The van der Waals surface area contributed by atoms with Gasteiger partial charge in [0.25, 0.3) is 0 Å². The van der Waals surface area contributed by atoms with Crippen LogP contribution in [-0.4, -0.2) is 21.9 Å². The summed E-state index contributed by atoms with van der Waals surface area (Å²) in [4.78, 5) is 0. The van der Waals surface area contributed by atoms with E-state index >= 15 is 0 Å². The Morgan fingerprint density at radius 3 is 2.88 bits per heavy atom. The predicted molar refractivity (Wildman–Crippen MR) is 68.5 cm³/mol. The fourth-order valence-corrected chi connectivity index (χ4v) is 1.80. The van der Waals surface area contributed by atoms with E-state index in [1.54, 1.807) is 0 Å². The first-order valence-electron chi connectivity index (χ1n) is 6.26. The van der Waals surface area contributed by atoms with Gasteiger partial charge in [0.1, 0.15) is 5.54 Å². The lowest BCUT2D eigenvalue weighted by atomic mass is 9.97. The van der Waals surface area contributed by atoms with E-state index in [4.69, 9.17) is 0 Å². The van der Waals surface area contributed by atoms with Crippen molar-refractivity contribution in [1.29, 1.82) is 5.26 Å². The maximum atomic E-state index is 9.19. The Morgan fingerprint density at radius 1 is 1.59 bits per heavy atom. The van der Waals surface area contributed by atoms with Crippen molar-refractivity contribution in [2.45, 2.75) is 52.1 Å². The molecule has 4 heteroatoms. The molecule has 0 saturated carbocycles. The van der Waals surface area contributed by atoms with Crippen molar-refractivity contribution >= 4 is 0 Å². The smallest absolute Gasteiger partial charge is 0.103 e. The van der Waals surface area contributed by atoms with E-state index in [9.17, 15) is 5.26 Å². The van der Waals surface area contributed by atoms with Gasteiger partial charge in [0.05, 0.1) is 6.07 Å². The molecule has 1 aromatic heterocycles. The monoisotopic (exact) mass is 234 g/mol. The van der Waals surface area contributed by atoms with Crippen molar-refractivity contribution in [1.82, 2.24) is 15.1 Å². The third-order valence-corrected chi connectivity index (χ3v) is 2.99. The average molecular weight is 234 g/mol. The van der Waals surface area contributed by atoms with Crippen molar-refractivity contribution in [3.63, 3.8) is 0 Å². The summed E-state index contributed by atoms with van der Waals surface area (Å²) in [6.07, 6.45) is 4.68. The van der Waals surface area contributed by atoms with Crippen LogP contribution in [-0.2, 0) is 6.54 Å². The minimum absolute atomic E-state index is 0.406. The normalized spacial score (nSPS) is 14.2. The minimum Gasteiger partial charge on any atom is -0.300 e. The molecule has 17 heavy (non-hydrogen) atoms. The van der Waals surface area contributed by atoms with E-state index in [-0.39, 0.29) is 0 Å². The zero-order chi connectivity index (χ0) is 12.7. The van der Waals surface area contributed by atoms with E-state index in [1.165, 1.54) is 5.69 Å². The van der Waals surface area contributed by atoms with Crippen LogP contribution >= 0.6 is 0 Å². The maximum absolute atomic E-state index is 9.19. The zero-order valence-electron chi connectivity index (χ0n) is 11.0. The van der Waals surface area contributed by atoms with Gasteiger partial charge in [0.2, 0.25) is 0 Å². The van der Waals surface area contributed by atoms with Crippen LogP contribution in [0.2, 0.25) is 0 Å². The summed E-state index contributed by atoms with van der Waals surface area (Å²) >= 11 is 0. The molecule has 1 unspecified atom stereocenters. The first kappa shape index (κ1) is 13.7. The van der Waals surface area contributed by atoms with Crippen LogP contribution in [0.4, 0.5) is 0 Å². The highest BCUT2D eigenvalue weighted by Gasteiger charge is 2.21. The molecule has 0 saturated heterocycles. The summed E-state index contributed by atoms with van der Waals surface area (Å²) in [6.45, 7) is 7.90. The van der Waals surface area contributed by atoms with Gasteiger partial charge in [-0.25, -0.2) is 0 Å². The number of aromatic nitrogens is 2. The van der Waals surface area contributed by atoms with Crippen LogP contribution < -0.4 is 5.32 Å². The lowest BCUT2D eigenvalue weighted by Crippen LogP contribution is -2.41. The maximum Gasteiger partial charge on any atom is 0.103 e. The van der Waals surface area contributed by atoms with Crippen LogP contribution in [0.1, 0.15) is 38.8 Å². The summed E-state index contributed by atoms with van der Waals surface area (Å²) in [5.74, 6) is 0. The van der Waals surface area contributed by atoms with Gasteiger partial charge in [-0.3, -0.25) is 10.00 Å². The minimum atomic E-state index is -0.406. The quantitative estimate of drug-likeness (QED) is 0.787. The van der Waals surface area contributed by atoms with E-state index < -0.39 is 5.54 Å². The first-order chi connectivity index (χ1) is 8.11. The topological polar surface area (TPSA) is 53.6 Å². The highest BCUT2D eigenvalue weighted by molar-refractivity contribution is 5.03. The Bertz CT molecular complexity index is 377. The van der Waals surface area contributed by atoms with E-state index in [1.807, 2.05) is 30.8 Å². The van der Waals surface area contributed by atoms with Crippen LogP contribution in [0.25, 0.3) is 0 Å². The molecule has 0 spiro atoms. The van der Waals surface area contributed by atoms with Crippen LogP contribution in [0.15, 0.2) is 12.3 Å². The second-order valence-electron chi connectivity index (χ2n) is 4.67. The highest BCUT2D eigenvalue weighted by Crippen LogP contribution is 2.12. The Hall–Kier alpha value is -1.34.